The molecule has 0 amide bonds. The third kappa shape index (κ3) is 5.45. The molecular weight excluding hydrogens is 657 g/mol. The van der Waals surface area contributed by atoms with Crippen LogP contribution in [-0.2, 0) is 16.1 Å². The minimum atomic E-state index is -0.861. The van der Waals surface area contributed by atoms with Gasteiger partial charge in [0.1, 0.15) is 0 Å². The lowest BCUT2D eigenvalue weighted by Crippen LogP contribution is -2.40. The van der Waals surface area contributed by atoms with E-state index in [0.29, 0.717) is 44.2 Å². The summed E-state index contributed by atoms with van der Waals surface area (Å²) in [5, 5.41) is 12.1. The number of hydrogen-bond acceptors (Lipinski definition) is 9. The van der Waals surface area contributed by atoms with E-state index in [4.69, 9.17) is 19.2 Å². The normalized spacial score (nSPS) is 15.2. The fourth-order valence-corrected chi connectivity index (χ4v) is 7.41. The van der Waals surface area contributed by atoms with Crippen LogP contribution in [0.25, 0.3) is 22.7 Å². The maximum absolute atomic E-state index is 14.5. The highest BCUT2D eigenvalue weighted by Gasteiger charge is 2.36. The molecule has 1 atom stereocenters. The van der Waals surface area contributed by atoms with E-state index in [9.17, 15) is 19.7 Å². The van der Waals surface area contributed by atoms with E-state index in [-0.39, 0.29) is 30.2 Å². The molecule has 2 aliphatic rings. The Labute approximate surface area is 288 Å². The monoisotopic (exact) mass is 684 g/mol. The summed E-state index contributed by atoms with van der Waals surface area (Å²) in [4.78, 5) is 44.5. The van der Waals surface area contributed by atoms with E-state index in [1.807, 2.05) is 72.9 Å². The average Bonchev–Trinajstić information content (AvgIpc) is 3.83. The van der Waals surface area contributed by atoms with Crippen LogP contribution >= 0.6 is 11.3 Å². The third-order valence-electron chi connectivity index (χ3n) is 8.69. The first kappa shape index (κ1) is 31.0. The van der Waals surface area contributed by atoms with Gasteiger partial charge in [0.05, 0.1) is 33.4 Å². The zero-order valence-electron chi connectivity index (χ0n) is 26.6. The van der Waals surface area contributed by atoms with Gasteiger partial charge in [-0.2, -0.15) is 0 Å². The molecule has 248 valence electrons. The molecule has 8 rings (SSSR count). The minimum absolute atomic E-state index is 0.0303. The van der Waals surface area contributed by atoms with Crippen molar-refractivity contribution in [3.63, 3.8) is 0 Å². The molecule has 0 unspecified atom stereocenters. The van der Waals surface area contributed by atoms with Gasteiger partial charge in [0, 0.05) is 46.9 Å². The van der Waals surface area contributed by atoms with Gasteiger partial charge in [-0.15, -0.1) is 0 Å². The van der Waals surface area contributed by atoms with Crippen LogP contribution in [0, 0.1) is 10.1 Å². The Morgan fingerprint density at radius 3 is 2.56 bits per heavy atom. The Bertz CT molecular complexity index is 2530. The number of hydrogen-bond donors (Lipinski definition) is 0. The highest BCUT2D eigenvalue weighted by atomic mass is 32.1. The minimum Gasteiger partial charge on any atom is -0.463 e. The van der Waals surface area contributed by atoms with Gasteiger partial charge in [0.25, 0.3) is 11.2 Å². The predicted octanol–water partition coefficient (Wildman–Crippen LogP) is 5.58. The van der Waals surface area contributed by atoms with Crippen LogP contribution in [0.5, 0.6) is 11.5 Å². The van der Waals surface area contributed by atoms with Crippen molar-refractivity contribution in [2.24, 2.45) is 4.99 Å². The van der Waals surface area contributed by atoms with Gasteiger partial charge >= 0.3 is 5.97 Å². The molecule has 0 spiro atoms. The number of fused-ring (bicyclic) bond motifs is 3. The van der Waals surface area contributed by atoms with Crippen molar-refractivity contribution in [1.82, 2.24) is 9.13 Å². The molecule has 0 saturated carbocycles. The van der Waals surface area contributed by atoms with E-state index >= 15 is 0 Å². The molecule has 4 aromatic carbocycles. The number of esters is 1. The molecule has 4 heterocycles. The van der Waals surface area contributed by atoms with Crippen LogP contribution in [0.1, 0.15) is 35.2 Å². The Balaban J connectivity index is 1.31. The molecule has 0 saturated heterocycles. The molecule has 0 bridgehead atoms. The van der Waals surface area contributed by atoms with Crippen LogP contribution in [0.15, 0.2) is 119 Å². The Morgan fingerprint density at radius 2 is 1.78 bits per heavy atom. The Hall–Kier alpha value is -6.27. The summed E-state index contributed by atoms with van der Waals surface area (Å²) >= 11 is 1.25. The standard InChI is InChI=1S/C38H28N4O7S/c1-2-47-37(44)33-34(24-8-4-3-5-9-24)39-38-41(35(33)25-14-17-30-31(18-25)49-22-48-30)36(43)32(50-38)19-26-21-40(29-11-7-6-10-28(26)29)20-23-12-15-27(16-13-23)42(45)46/h3-19,21,35H,2,20,22H2,1H3/b32-19-/t35-/m0/s1. The number of thiazole rings is 1. The number of nitro groups is 1. The predicted molar refractivity (Wildman–Crippen MR) is 188 cm³/mol. The summed E-state index contributed by atoms with van der Waals surface area (Å²) < 4.78 is 20.9. The second-order valence-electron chi connectivity index (χ2n) is 11.7. The van der Waals surface area contributed by atoms with Crippen LogP contribution in [0.4, 0.5) is 5.69 Å². The maximum atomic E-state index is 14.5. The molecule has 2 aromatic heterocycles. The summed E-state index contributed by atoms with van der Waals surface area (Å²) in [6.45, 7) is 2.44. The highest BCUT2D eigenvalue weighted by Crippen LogP contribution is 2.40. The second kappa shape index (κ2) is 12.6. The van der Waals surface area contributed by atoms with E-state index < -0.39 is 16.9 Å². The van der Waals surface area contributed by atoms with Gasteiger partial charge in [0.2, 0.25) is 6.79 Å². The number of aromatic nitrogens is 2. The molecule has 0 fully saturated rings. The number of nitrogens with zero attached hydrogens (tertiary/aromatic N) is 4. The van der Waals surface area contributed by atoms with Crippen LogP contribution < -0.4 is 24.4 Å². The van der Waals surface area contributed by atoms with Crippen LogP contribution in [0.2, 0.25) is 0 Å². The van der Waals surface area contributed by atoms with Gasteiger partial charge in [-0.3, -0.25) is 19.5 Å². The summed E-state index contributed by atoms with van der Waals surface area (Å²) in [7, 11) is 0. The third-order valence-corrected chi connectivity index (χ3v) is 9.68. The first-order chi connectivity index (χ1) is 24.4. The molecule has 0 radical (unpaired) electrons. The van der Waals surface area contributed by atoms with Crippen molar-refractivity contribution < 1.29 is 23.9 Å². The summed E-state index contributed by atoms with van der Waals surface area (Å²) in [6.07, 6.45) is 3.82. The maximum Gasteiger partial charge on any atom is 0.338 e. The number of nitro benzene ring substituents is 1. The molecule has 12 heteroatoms. The number of para-hydroxylation sites is 1. The Kier molecular flexibility index (Phi) is 7.84. The molecule has 0 aliphatic carbocycles. The quantitative estimate of drug-likeness (QED) is 0.116. The fraction of sp³-hybridized carbons (Fsp3) is 0.132. The van der Waals surface area contributed by atoms with Crippen molar-refractivity contribution >= 4 is 45.7 Å². The molecule has 0 N–H and O–H groups in total. The van der Waals surface area contributed by atoms with E-state index in [1.54, 1.807) is 35.8 Å². The van der Waals surface area contributed by atoms with Gasteiger partial charge in [-0.1, -0.05) is 78.1 Å². The number of rotatable bonds is 8. The summed E-state index contributed by atoms with van der Waals surface area (Å²) in [6, 6.07) is 28.3. The van der Waals surface area contributed by atoms with E-state index in [1.165, 1.54) is 23.5 Å². The lowest BCUT2D eigenvalue weighted by atomic mass is 9.93. The second-order valence-corrected chi connectivity index (χ2v) is 12.7. The molecule has 50 heavy (non-hydrogen) atoms. The van der Waals surface area contributed by atoms with Crippen molar-refractivity contribution in [3.8, 4) is 11.5 Å². The first-order valence-electron chi connectivity index (χ1n) is 15.9. The van der Waals surface area contributed by atoms with Crippen molar-refractivity contribution in [2.45, 2.75) is 19.5 Å². The fourth-order valence-electron chi connectivity index (χ4n) is 6.42. The first-order valence-corrected chi connectivity index (χ1v) is 16.7. The zero-order chi connectivity index (χ0) is 34.4. The number of benzene rings is 4. The molecule has 2 aliphatic heterocycles. The number of carbonyl (C=O) groups is 1. The van der Waals surface area contributed by atoms with Crippen molar-refractivity contribution in [1.29, 1.82) is 0 Å². The van der Waals surface area contributed by atoms with E-state index in [0.717, 1.165) is 22.0 Å². The number of carbonyl (C=O) groups excluding carboxylic acids is 1. The lowest BCUT2D eigenvalue weighted by molar-refractivity contribution is -0.384. The van der Waals surface area contributed by atoms with Crippen LogP contribution in [-0.4, -0.2) is 33.4 Å². The lowest BCUT2D eigenvalue weighted by Gasteiger charge is -2.26. The SMILES string of the molecule is CCOC(=O)C1=C(c2ccccc2)N=c2s/c(=C\c3cn(Cc4ccc([N+](=O)[O-])cc4)c4ccccc34)c(=O)n2[C@H]1c1ccc2c(c1)OCO2. The van der Waals surface area contributed by atoms with Crippen molar-refractivity contribution in [2.75, 3.05) is 13.4 Å². The van der Waals surface area contributed by atoms with Gasteiger partial charge < -0.3 is 18.8 Å². The van der Waals surface area contributed by atoms with Gasteiger partial charge in [0.15, 0.2) is 16.3 Å². The largest absolute Gasteiger partial charge is 0.463 e. The zero-order valence-corrected chi connectivity index (χ0v) is 27.5. The topological polar surface area (TPSA) is 127 Å². The molecular formula is C38H28N4O7S. The van der Waals surface area contributed by atoms with Gasteiger partial charge in [-0.25, -0.2) is 9.79 Å². The number of non-ortho nitro benzene ring substituents is 1. The van der Waals surface area contributed by atoms with Gasteiger partial charge in [-0.05, 0) is 42.3 Å². The molecule has 6 aromatic rings. The smallest absolute Gasteiger partial charge is 0.338 e. The number of ether oxygens (including phenoxy) is 3. The Morgan fingerprint density at radius 1 is 1.02 bits per heavy atom. The average molecular weight is 685 g/mol. The molecule has 11 nitrogen and oxygen atoms in total. The summed E-state index contributed by atoms with van der Waals surface area (Å²) in [5.74, 6) is 0.532. The highest BCUT2D eigenvalue weighted by molar-refractivity contribution is 7.07. The summed E-state index contributed by atoms with van der Waals surface area (Å²) in [5.41, 5.74) is 4.42. The van der Waals surface area contributed by atoms with E-state index in [2.05, 4.69) is 4.57 Å². The van der Waals surface area contributed by atoms with Crippen LogP contribution in [0.3, 0.4) is 0 Å². The van der Waals surface area contributed by atoms with Crippen molar-refractivity contribution in [3.05, 3.63) is 161 Å².